The summed E-state index contributed by atoms with van der Waals surface area (Å²) in [7, 11) is 0. The van der Waals surface area contributed by atoms with E-state index in [9.17, 15) is 4.79 Å². The number of rotatable bonds is 2. The maximum absolute atomic E-state index is 12.1. The van der Waals surface area contributed by atoms with Crippen LogP contribution in [-0.2, 0) is 0 Å². The van der Waals surface area contributed by atoms with Crippen molar-refractivity contribution in [1.82, 2.24) is 9.97 Å². The number of hydrogen-bond acceptors (Lipinski definition) is 4. The minimum atomic E-state index is -0.257. The van der Waals surface area contributed by atoms with Crippen LogP contribution in [0.5, 0.6) is 0 Å². The lowest BCUT2D eigenvalue weighted by atomic mass is 10.2. The maximum atomic E-state index is 12.1. The summed E-state index contributed by atoms with van der Waals surface area (Å²) >= 11 is 9.37. The Balaban J connectivity index is 2.07. The number of nitrogens with zero attached hydrogens (tertiary/aromatic N) is 1. The van der Waals surface area contributed by atoms with Gasteiger partial charge in [0, 0.05) is 15.2 Å². The van der Waals surface area contributed by atoms with Gasteiger partial charge < -0.3 is 11.1 Å². The van der Waals surface area contributed by atoms with Gasteiger partial charge in [0.15, 0.2) is 0 Å². The highest BCUT2D eigenvalue weighted by Gasteiger charge is 2.07. The number of benzene rings is 2. The van der Waals surface area contributed by atoms with E-state index in [-0.39, 0.29) is 5.56 Å². The number of nitrogen functional groups attached to an aromatic ring is 1. The molecular weight excluding hydrogens is 356 g/mol. The first-order valence-electron chi connectivity index (χ1n) is 6.04. The quantitative estimate of drug-likeness (QED) is 0.605. The Morgan fingerprint density at radius 2 is 2.05 bits per heavy atom. The van der Waals surface area contributed by atoms with Crippen molar-refractivity contribution in [3.8, 4) is 0 Å². The van der Waals surface area contributed by atoms with E-state index in [1.54, 1.807) is 30.3 Å². The summed E-state index contributed by atoms with van der Waals surface area (Å²) in [6, 6.07) is 10.3. The smallest absolute Gasteiger partial charge is 0.260 e. The number of anilines is 3. The fraction of sp³-hybridized carbons (Fsp3) is 0. The Morgan fingerprint density at radius 1 is 1.24 bits per heavy atom. The van der Waals surface area contributed by atoms with E-state index in [0.717, 1.165) is 4.47 Å². The lowest BCUT2D eigenvalue weighted by Crippen LogP contribution is -2.11. The Kier molecular flexibility index (Phi) is 3.57. The van der Waals surface area contributed by atoms with Crippen molar-refractivity contribution in [2.45, 2.75) is 0 Å². The highest BCUT2D eigenvalue weighted by molar-refractivity contribution is 9.10. The SMILES string of the molecule is Nc1ccc2nc(Nc3cc(Cl)ccc3Br)[nH]c(=O)c2c1. The second-order valence-electron chi connectivity index (χ2n) is 4.44. The second-order valence-corrected chi connectivity index (χ2v) is 5.73. The zero-order valence-corrected chi connectivity index (χ0v) is 13.0. The Hall–Kier alpha value is -2.05. The van der Waals surface area contributed by atoms with Gasteiger partial charge in [-0.3, -0.25) is 9.78 Å². The summed E-state index contributed by atoms with van der Waals surface area (Å²) in [5.41, 5.74) is 7.21. The van der Waals surface area contributed by atoms with Crippen molar-refractivity contribution in [3.63, 3.8) is 0 Å². The molecule has 0 amide bonds. The Bertz CT molecular complexity index is 894. The molecule has 0 radical (unpaired) electrons. The molecule has 0 fully saturated rings. The van der Waals surface area contributed by atoms with Crippen molar-refractivity contribution in [3.05, 3.63) is 56.2 Å². The monoisotopic (exact) mass is 364 g/mol. The minimum Gasteiger partial charge on any atom is -0.399 e. The third kappa shape index (κ3) is 2.86. The van der Waals surface area contributed by atoms with E-state index in [4.69, 9.17) is 17.3 Å². The first-order valence-corrected chi connectivity index (χ1v) is 7.22. The van der Waals surface area contributed by atoms with Gasteiger partial charge in [0.2, 0.25) is 5.95 Å². The number of H-pyrrole nitrogens is 1. The average Bonchev–Trinajstić information content (AvgIpc) is 2.44. The lowest BCUT2D eigenvalue weighted by Gasteiger charge is -2.09. The molecular formula is C14H10BrClN4O. The van der Waals surface area contributed by atoms with Gasteiger partial charge in [-0.2, -0.15) is 0 Å². The molecule has 0 saturated carbocycles. The summed E-state index contributed by atoms with van der Waals surface area (Å²) in [5.74, 6) is 0.334. The predicted octanol–water partition coefficient (Wildman–Crippen LogP) is 3.66. The minimum absolute atomic E-state index is 0.257. The molecule has 0 spiro atoms. The van der Waals surface area contributed by atoms with E-state index in [0.29, 0.717) is 33.2 Å². The van der Waals surface area contributed by atoms with Crippen molar-refractivity contribution in [2.24, 2.45) is 0 Å². The fourth-order valence-corrected chi connectivity index (χ4v) is 2.45. The van der Waals surface area contributed by atoms with Crippen LogP contribution in [0.4, 0.5) is 17.3 Å². The van der Waals surface area contributed by atoms with Gasteiger partial charge in [-0.25, -0.2) is 4.98 Å². The zero-order chi connectivity index (χ0) is 15.0. The normalized spacial score (nSPS) is 10.8. The molecule has 1 heterocycles. The zero-order valence-electron chi connectivity index (χ0n) is 10.7. The van der Waals surface area contributed by atoms with Gasteiger partial charge in [0.25, 0.3) is 5.56 Å². The van der Waals surface area contributed by atoms with E-state index in [1.165, 1.54) is 0 Å². The van der Waals surface area contributed by atoms with Crippen LogP contribution < -0.4 is 16.6 Å². The number of nitrogens with one attached hydrogen (secondary N) is 2. The van der Waals surface area contributed by atoms with E-state index in [2.05, 4.69) is 31.2 Å². The molecule has 3 aromatic rings. The molecule has 0 atom stereocenters. The summed E-state index contributed by atoms with van der Waals surface area (Å²) < 4.78 is 0.812. The molecule has 0 aliphatic carbocycles. The van der Waals surface area contributed by atoms with Crippen LogP contribution in [-0.4, -0.2) is 9.97 Å². The van der Waals surface area contributed by atoms with Crippen LogP contribution in [0.1, 0.15) is 0 Å². The molecule has 4 N–H and O–H groups in total. The largest absolute Gasteiger partial charge is 0.399 e. The van der Waals surface area contributed by atoms with Crippen LogP contribution in [0.15, 0.2) is 45.7 Å². The average molecular weight is 366 g/mol. The molecule has 0 unspecified atom stereocenters. The number of fused-ring (bicyclic) bond motifs is 1. The van der Waals surface area contributed by atoms with Crippen molar-refractivity contribution in [2.75, 3.05) is 11.1 Å². The molecule has 1 aromatic heterocycles. The summed E-state index contributed by atoms with van der Waals surface area (Å²) in [4.78, 5) is 19.1. The fourth-order valence-electron chi connectivity index (χ4n) is 1.94. The van der Waals surface area contributed by atoms with Crippen LogP contribution in [0.2, 0.25) is 5.02 Å². The number of nitrogens with two attached hydrogens (primary N) is 1. The third-order valence-corrected chi connectivity index (χ3v) is 3.84. The van der Waals surface area contributed by atoms with Gasteiger partial charge in [-0.1, -0.05) is 11.6 Å². The van der Waals surface area contributed by atoms with Gasteiger partial charge >= 0.3 is 0 Å². The first-order chi connectivity index (χ1) is 10.0. The summed E-state index contributed by atoms with van der Waals surface area (Å²) in [6.07, 6.45) is 0. The molecule has 7 heteroatoms. The first kappa shape index (κ1) is 13.9. The highest BCUT2D eigenvalue weighted by Crippen LogP contribution is 2.27. The molecule has 5 nitrogen and oxygen atoms in total. The molecule has 0 aliphatic rings. The van der Waals surface area contributed by atoms with E-state index < -0.39 is 0 Å². The highest BCUT2D eigenvalue weighted by atomic mass is 79.9. The summed E-state index contributed by atoms with van der Waals surface area (Å²) in [5, 5.41) is 4.06. The molecule has 0 saturated heterocycles. The molecule has 106 valence electrons. The predicted molar refractivity (Wildman–Crippen MR) is 89.2 cm³/mol. The molecule has 21 heavy (non-hydrogen) atoms. The van der Waals surface area contributed by atoms with Crippen LogP contribution in [0.3, 0.4) is 0 Å². The molecule has 2 aromatic carbocycles. The topological polar surface area (TPSA) is 83.8 Å². The van der Waals surface area contributed by atoms with Gasteiger partial charge in [0.1, 0.15) is 0 Å². The molecule has 0 bridgehead atoms. The van der Waals surface area contributed by atoms with Gasteiger partial charge in [-0.05, 0) is 52.3 Å². The van der Waals surface area contributed by atoms with Gasteiger partial charge in [0.05, 0.1) is 16.6 Å². The maximum Gasteiger partial charge on any atom is 0.260 e. The van der Waals surface area contributed by atoms with Gasteiger partial charge in [-0.15, -0.1) is 0 Å². The number of halogens is 2. The number of hydrogen-bond donors (Lipinski definition) is 3. The van der Waals surface area contributed by atoms with Crippen LogP contribution in [0.25, 0.3) is 10.9 Å². The standard InChI is InChI=1S/C14H10BrClN4O/c15-10-3-1-7(16)5-12(10)19-14-18-11-4-2-8(17)6-9(11)13(21)20-14/h1-6H,17H2,(H2,18,19,20,21). The van der Waals surface area contributed by atoms with E-state index in [1.807, 2.05) is 6.07 Å². The van der Waals surface area contributed by atoms with Crippen molar-refractivity contribution < 1.29 is 0 Å². The van der Waals surface area contributed by atoms with Crippen LogP contribution in [0, 0.1) is 0 Å². The molecule has 0 aliphatic heterocycles. The van der Waals surface area contributed by atoms with Crippen LogP contribution >= 0.6 is 27.5 Å². The third-order valence-electron chi connectivity index (χ3n) is 2.91. The Morgan fingerprint density at radius 3 is 2.86 bits per heavy atom. The van der Waals surface area contributed by atoms with Crippen molar-refractivity contribution >= 4 is 55.8 Å². The lowest BCUT2D eigenvalue weighted by molar-refractivity contribution is 1.17. The number of aromatic nitrogens is 2. The van der Waals surface area contributed by atoms with E-state index >= 15 is 0 Å². The Labute approximate surface area is 133 Å². The van der Waals surface area contributed by atoms with Crippen molar-refractivity contribution in [1.29, 1.82) is 0 Å². The second kappa shape index (κ2) is 5.38. The number of aromatic amines is 1. The summed E-state index contributed by atoms with van der Waals surface area (Å²) in [6.45, 7) is 0. The molecule has 3 rings (SSSR count).